The summed E-state index contributed by atoms with van der Waals surface area (Å²) in [4.78, 5) is 14.8. The molecular formula is C24H38N2O. The molecule has 1 aliphatic heterocycles. The Kier molecular flexibility index (Phi) is 11.4. The molecule has 1 heterocycles. The zero-order valence-electron chi connectivity index (χ0n) is 17.7. The second kappa shape index (κ2) is 13.3. The number of nitrogens with one attached hydrogen (secondary N) is 1. The van der Waals surface area contributed by atoms with E-state index in [1.807, 2.05) is 70.2 Å². The van der Waals surface area contributed by atoms with Gasteiger partial charge in [0.25, 0.3) is 0 Å². The molecule has 0 unspecified atom stereocenters. The van der Waals surface area contributed by atoms with Crippen LogP contribution >= 0.6 is 0 Å². The Bertz CT molecular complexity index is 557. The molecule has 1 saturated carbocycles. The van der Waals surface area contributed by atoms with Crippen LogP contribution in [0.2, 0.25) is 0 Å². The maximum atomic E-state index is 12.4. The highest BCUT2D eigenvalue weighted by Crippen LogP contribution is 2.48. The van der Waals surface area contributed by atoms with Crippen molar-refractivity contribution in [3.8, 4) is 0 Å². The minimum absolute atomic E-state index is 0.216. The maximum absolute atomic E-state index is 12.4. The van der Waals surface area contributed by atoms with E-state index in [0.717, 1.165) is 25.9 Å². The molecule has 27 heavy (non-hydrogen) atoms. The molecule has 0 atom stereocenters. The van der Waals surface area contributed by atoms with Gasteiger partial charge in [-0.25, -0.2) is 0 Å². The quantitative estimate of drug-likeness (QED) is 0.707. The van der Waals surface area contributed by atoms with E-state index in [-0.39, 0.29) is 11.3 Å². The molecule has 150 valence electrons. The summed E-state index contributed by atoms with van der Waals surface area (Å²) in [5, 5.41) is 3.13. The summed E-state index contributed by atoms with van der Waals surface area (Å²) in [5.41, 5.74) is 0.959. The lowest BCUT2D eigenvalue weighted by atomic mass is 9.95. The molecule has 3 nitrogen and oxygen atoms in total. The van der Waals surface area contributed by atoms with Gasteiger partial charge < -0.3 is 10.2 Å². The minimum Gasteiger partial charge on any atom is -0.354 e. The SMILES string of the molecule is C/C=C\C=C/C.CC.O=C(NCCN1CCCC1)C1(c2ccccc2)CC1. The highest BCUT2D eigenvalue weighted by atomic mass is 16.2. The average molecular weight is 371 g/mol. The van der Waals surface area contributed by atoms with E-state index < -0.39 is 0 Å². The van der Waals surface area contributed by atoms with Gasteiger partial charge >= 0.3 is 0 Å². The summed E-state index contributed by atoms with van der Waals surface area (Å²) in [7, 11) is 0. The number of allylic oxidation sites excluding steroid dienone is 4. The lowest BCUT2D eigenvalue weighted by molar-refractivity contribution is -0.123. The van der Waals surface area contributed by atoms with Gasteiger partial charge in [0, 0.05) is 13.1 Å². The number of benzene rings is 1. The molecule has 3 rings (SSSR count). The lowest BCUT2D eigenvalue weighted by Crippen LogP contribution is -2.39. The van der Waals surface area contributed by atoms with Crippen molar-refractivity contribution in [2.45, 2.75) is 58.8 Å². The summed E-state index contributed by atoms with van der Waals surface area (Å²) in [5.74, 6) is 0.220. The van der Waals surface area contributed by atoms with Crippen molar-refractivity contribution in [1.29, 1.82) is 0 Å². The molecule has 2 fully saturated rings. The van der Waals surface area contributed by atoms with Gasteiger partial charge in [0.1, 0.15) is 0 Å². The van der Waals surface area contributed by atoms with E-state index in [1.54, 1.807) is 0 Å². The number of rotatable bonds is 6. The third kappa shape index (κ3) is 7.72. The van der Waals surface area contributed by atoms with Gasteiger partial charge in [0.05, 0.1) is 5.41 Å². The lowest BCUT2D eigenvalue weighted by Gasteiger charge is -2.18. The van der Waals surface area contributed by atoms with Crippen LogP contribution in [0.5, 0.6) is 0 Å². The Balaban J connectivity index is 0.000000392. The fraction of sp³-hybridized carbons (Fsp3) is 0.542. The van der Waals surface area contributed by atoms with Crippen LogP contribution in [0.3, 0.4) is 0 Å². The van der Waals surface area contributed by atoms with Crippen molar-refractivity contribution in [2.75, 3.05) is 26.2 Å². The second-order valence-electron chi connectivity index (χ2n) is 6.80. The van der Waals surface area contributed by atoms with E-state index >= 15 is 0 Å². The van der Waals surface area contributed by atoms with Crippen molar-refractivity contribution in [3.05, 3.63) is 60.2 Å². The molecule has 1 aliphatic carbocycles. The molecule has 3 heteroatoms. The molecule has 2 aliphatic rings. The van der Waals surface area contributed by atoms with Gasteiger partial charge in [-0.2, -0.15) is 0 Å². The molecule has 1 aromatic carbocycles. The minimum atomic E-state index is -0.216. The summed E-state index contributed by atoms with van der Waals surface area (Å²) in [6.45, 7) is 12.2. The Morgan fingerprint density at radius 3 is 2.07 bits per heavy atom. The van der Waals surface area contributed by atoms with Crippen molar-refractivity contribution in [2.24, 2.45) is 0 Å². The number of likely N-dealkylation sites (tertiary alicyclic amines) is 1. The van der Waals surface area contributed by atoms with Gasteiger partial charge in [0.2, 0.25) is 5.91 Å². The van der Waals surface area contributed by atoms with Crippen LogP contribution in [0, 0.1) is 0 Å². The van der Waals surface area contributed by atoms with Gasteiger partial charge in [-0.05, 0) is 58.2 Å². The smallest absolute Gasteiger partial charge is 0.230 e. The van der Waals surface area contributed by atoms with Crippen molar-refractivity contribution >= 4 is 5.91 Å². The summed E-state index contributed by atoms with van der Waals surface area (Å²) in [6, 6.07) is 10.2. The zero-order valence-corrected chi connectivity index (χ0v) is 17.7. The summed E-state index contributed by atoms with van der Waals surface area (Å²) in [6.07, 6.45) is 12.6. The van der Waals surface area contributed by atoms with E-state index in [4.69, 9.17) is 0 Å². The highest BCUT2D eigenvalue weighted by Gasteiger charge is 2.50. The van der Waals surface area contributed by atoms with E-state index in [0.29, 0.717) is 0 Å². The van der Waals surface area contributed by atoms with E-state index in [1.165, 1.54) is 31.5 Å². The molecule has 1 amide bonds. The van der Waals surface area contributed by atoms with Crippen LogP contribution in [0.25, 0.3) is 0 Å². The van der Waals surface area contributed by atoms with Crippen LogP contribution in [0.15, 0.2) is 54.6 Å². The van der Waals surface area contributed by atoms with Gasteiger partial charge in [-0.3, -0.25) is 4.79 Å². The van der Waals surface area contributed by atoms with Crippen LogP contribution in [-0.4, -0.2) is 37.0 Å². The normalized spacial score (nSPS) is 17.8. The molecule has 1 aromatic rings. The predicted molar refractivity (Wildman–Crippen MR) is 117 cm³/mol. The number of carbonyl (C=O) groups excluding carboxylic acids is 1. The van der Waals surface area contributed by atoms with Crippen molar-refractivity contribution in [3.63, 3.8) is 0 Å². The number of nitrogens with zero attached hydrogens (tertiary/aromatic N) is 1. The van der Waals surface area contributed by atoms with Crippen molar-refractivity contribution < 1.29 is 4.79 Å². The standard InChI is InChI=1S/C16H22N2O.C6H10.C2H6/c19-15(17-10-13-18-11-4-5-12-18)16(8-9-16)14-6-2-1-3-7-14;1-3-5-6-4-2;1-2/h1-3,6-7H,4-5,8-13H2,(H,17,19);3-6H,1-2H3;1-2H3/b;5-3-,6-4-;. The van der Waals surface area contributed by atoms with Crippen molar-refractivity contribution in [1.82, 2.24) is 10.2 Å². The Morgan fingerprint density at radius 1 is 1.04 bits per heavy atom. The number of hydrogen-bond donors (Lipinski definition) is 1. The first-order valence-electron chi connectivity index (χ1n) is 10.5. The van der Waals surface area contributed by atoms with Crippen LogP contribution in [0.4, 0.5) is 0 Å². The fourth-order valence-corrected chi connectivity index (χ4v) is 3.25. The van der Waals surface area contributed by atoms with E-state index in [2.05, 4.69) is 22.3 Å². The number of amides is 1. The third-order valence-corrected chi connectivity index (χ3v) is 4.92. The first kappa shape index (κ1) is 23.2. The molecule has 0 radical (unpaired) electrons. The van der Waals surface area contributed by atoms with Gasteiger partial charge in [0.15, 0.2) is 0 Å². The third-order valence-electron chi connectivity index (χ3n) is 4.92. The summed E-state index contributed by atoms with van der Waals surface area (Å²) < 4.78 is 0. The van der Waals surface area contributed by atoms with Gasteiger partial charge in [-0.1, -0.05) is 68.5 Å². The topological polar surface area (TPSA) is 32.3 Å². The number of carbonyl (C=O) groups is 1. The first-order chi connectivity index (χ1) is 13.2. The molecule has 1 N–H and O–H groups in total. The number of hydrogen-bond acceptors (Lipinski definition) is 2. The largest absolute Gasteiger partial charge is 0.354 e. The predicted octanol–water partition coefficient (Wildman–Crippen LogP) is 5.10. The molecular weight excluding hydrogens is 332 g/mol. The van der Waals surface area contributed by atoms with Crippen LogP contribution in [0.1, 0.15) is 58.9 Å². The molecule has 1 saturated heterocycles. The fourth-order valence-electron chi connectivity index (χ4n) is 3.25. The van der Waals surface area contributed by atoms with Crippen LogP contribution in [-0.2, 0) is 10.2 Å². The molecule has 0 spiro atoms. The van der Waals surface area contributed by atoms with Gasteiger partial charge in [-0.15, -0.1) is 0 Å². The maximum Gasteiger partial charge on any atom is 0.230 e. The Morgan fingerprint density at radius 2 is 1.59 bits per heavy atom. The second-order valence-corrected chi connectivity index (χ2v) is 6.80. The zero-order chi connectivity index (χ0) is 20.0. The molecule has 0 aromatic heterocycles. The summed E-state index contributed by atoms with van der Waals surface area (Å²) >= 11 is 0. The Labute approximate surface area is 166 Å². The van der Waals surface area contributed by atoms with Crippen LogP contribution < -0.4 is 5.32 Å². The first-order valence-corrected chi connectivity index (χ1v) is 10.5. The molecule has 0 bridgehead atoms. The Hall–Kier alpha value is -1.87. The monoisotopic (exact) mass is 370 g/mol. The average Bonchev–Trinajstić information content (AvgIpc) is 3.39. The van der Waals surface area contributed by atoms with E-state index in [9.17, 15) is 4.79 Å². The highest BCUT2D eigenvalue weighted by molar-refractivity contribution is 5.91.